The molecule has 3 aromatic carbocycles. The fourth-order valence-corrected chi connectivity index (χ4v) is 3.64. The van der Waals surface area contributed by atoms with Crippen molar-refractivity contribution in [1.29, 1.82) is 0 Å². The molecule has 0 fully saturated rings. The van der Waals surface area contributed by atoms with E-state index in [1.54, 1.807) is 42.3 Å². The predicted molar refractivity (Wildman–Crippen MR) is 133 cm³/mol. The Morgan fingerprint density at radius 1 is 0.969 bits per heavy atom. The van der Waals surface area contributed by atoms with Gasteiger partial charge in [0.15, 0.2) is 5.11 Å². The van der Waals surface area contributed by atoms with Gasteiger partial charge < -0.3 is 15.5 Å². The van der Waals surface area contributed by atoms with Crippen molar-refractivity contribution in [3.05, 3.63) is 101 Å². The van der Waals surface area contributed by atoms with Crippen molar-refractivity contribution in [1.82, 2.24) is 10.2 Å². The highest BCUT2D eigenvalue weighted by molar-refractivity contribution is 7.80. The molecule has 0 bridgehead atoms. The van der Waals surface area contributed by atoms with Gasteiger partial charge in [-0.3, -0.25) is 9.59 Å². The first-order valence-corrected chi connectivity index (χ1v) is 10.9. The van der Waals surface area contributed by atoms with Gasteiger partial charge in [-0.25, -0.2) is 0 Å². The van der Waals surface area contributed by atoms with Crippen LogP contribution in [0.2, 0.25) is 5.02 Å². The third kappa shape index (κ3) is 6.90. The molecule has 0 aliphatic carbocycles. The molecule has 0 atom stereocenters. The van der Waals surface area contributed by atoms with Crippen LogP contribution in [0.1, 0.15) is 27.9 Å². The highest BCUT2D eigenvalue weighted by Crippen LogP contribution is 2.17. The number of amides is 2. The number of benzene rings is 3. The number of anilines is 1. The summed E-state index contributed by atoms with van der Waals surface area (Å²) < 4.78 is 0. The second kappa shape index (κ2) is 11.4. The fraction of sp³-hybridized carbons (Fsp3) is 0.160. The summed E-state index contributed by atoms with van der Waals surface area (Å²) in [5, 5.41) is 6.45. The van der Waals surface area contributed by atoms with Crippen LogP contribution in [0.5, 0.6) is 0 Å². The van der Waals surface area contributed by atoms with Gasteiger partial charge in [0.05, 0.1) is 0 Å². The Balaban J connectivity index is 1.53. The third-order valence-electron chi connectivity index (χ3n) is 4.81. The van der Waals surface area contributed by atoms with Gasteiger partial charge in [0.25, 0.3) is 5.91 Å². The van der Waals surface area contributed by atoms with Crippen molar-refractivity contribution >= 4 is 46.4 Å². The Hall–Kier alpha value is -3.22. The molecule has 0 radical (unpaired) electrons. The van der Waals surface area contributed by atoms with E-state index in [0.29, 0.717) is 29.2 Å². The number of nitrogens with zero attached hydrogens (tertiary/aromatic N) is 1. The van der Waals surface area contributed by atoms with Crippen LogP contribution in [0.15, 0.2) is 78.9 Å². The number of carbonyl (C=O) groups is 2. The van der Waals surface area contributed by atoms with Crippen LogP contribution < -0.4 is 10.6 Å². The quantitative estimate of drug-likeness (QED) is 0.479. The minimum absolute atomic E-state index is 0.104. The zero-order valence-electron chi connectivity index (χ0n) is 17.7. The normalized spacial score (nSPS) is 10.3. The van der Waals surface area contributed by atoms with E-state index in [0.717, 1.165) is 11.1 Å². The highest BCUT2D eigenvalue weighted by atomic mass is 35.5. The SMILES string of the molecule is CN(Cc1ccccc1)C(=O)c1cccc(NC(=S)NC(=O)CCc2ccccc2Cl)c1. The number of hydrogen-bond donors (Lipinski definition) is 2. The van der Waals surface area contributed by atoms with Crippen LogP contribution >= 0.6 is 23.8 Å². The van der Waals surface area contributed by atoms with Gasteiger partial charge in [0, 0.05) is 36.3 Å². The van der Waals surface area contributed by atoms with Crippen molar-refractivity contribution in [2.45, 2.75) is 19.4 Å². The minimum atomic E-state index is -0.211. The van der Waals surface area contributed by atoms with E-state index in [1.165, 1.54) is 0 Å². The second-order valence-corrected chi connectivity index (χ2v) is 8.14. The van der Waals surface area contributed by atoms with E-state index >= 15 is 0 Å². The molecular formula is C25H24ClN3O2S. The standard InChI is InChI=1S/C25H24ClN3O2S/c1-29(17-18-8-3-2-4-9-18)24(31)20-11-7-12-21(16-20)27-25(32)28-23(30)15-14-19-10-5-6-13-22(19)26/h2-13,16H,14-15,17H2,1H3,(H2,27,28,30,32). The van der Waals surface area contributed by atoms with Gasteiger partial charge in [0.2, 0.25) is 5.91 Å². The number of rotatable bonds is 7. The molecule has 0 unspecified atom stereocenters. The predicted octanol–water partition coefficient (Wildman–Crippen LogP) is 5.06. The number of hydrogen-bond acceptors (Lipinski definition) is 3. The lowest BCUT2D eigenvalue weighted by molar-refractivity contribution is -0.119. The van der Waals surface area contributed by atoms with Crippen LogP contribution in [0, 0.1) is 0 Å². The van der Waals surface area contributed by atoms with Crippen molar-refractivity contribution in [3.63, 3.8) is 0 Å². The second-order valence-electron chi connectivity index (χ2n) is 7.32. The number of thiocarbonyl (C=S) groups is 1. The van der Waals surface area contributed by atoms with E-state index in [1.807, 2.05) is 48.5 Å². The Morgan fingerprint density at radius 2 is 1.69 bits per heavy atom. The molecule has 3 rings (SSSR count). The molecule has 0 aromatic heterocycles. The lowest BCUT2D eigenvalue weighted by Crippen LogP contribution is -2.34. The number of halogens is 1. The first-order valence-electron chi connectivity index (χ1n) is 10.2. The maximum Gasteiger partial charge on any atom is 0.253 e. The highest BCUT2D eigenvalue weighted by Gasteiger charge is 2.13. The van der Waals surface area contributed by atoms with Crippen LogP contribution in [0.3, 0.4) is 0 Å². The van der Waals surface area contributed by atoms with E-state index < -0.39 is 0 Å². The molecule has 0 saturated heterocycles. The summed E-state index contributed by atoms with van der Waals surface area (Å²) in [6.07, 6.45) is 0.778. The molecule has 0 spiro atoms. The van der Waals surface area contributed by atoms with Gasteiger partial charge in [-0.05, 0) is 54.0 Å². The number of aryl methyl sites for hydroxylation is 1. The molecule has 2 N–H and O–H groups in total. The Labute approximate surface area is 198 Å². The zero-order valence-corrected chi connectivity index (χ0v) is 19.2. The molecule has 0 aliphatic rings. The lowest BCUT2D eigenvalue weighted by atomic mass is 10.1. The molecule has 0 aliphatic heterocycles. The lowest BCUT2D eigenvalue weighted by Gasteiger charge is -2.18. The smallest absolute Gasteiger partial charge is 0.253 e. The number of nitrogens with one attached hydrogen (secondary N) is 2. The molecule has 32 heavy (non-hydrogen) atoms. The Morgan fingerprint density at radius 3 is 2.44 bits per heavy atom. The molecule has 2 amide bonds. The van der Waals surface area contributed by atoms with Crippen molar-refractivity contribution in [2.75, 3.05) is 12.4 Å². The fourth-order valence-electron chi connectivity index (χ4n) is 3.18. The summed E-state index contributed by atoms with van der Waals surface area (Å²) in [5.74, 6) is -0.315. The van der Waals surface area contributed by atoms with E-state index in [-0.39, 0.29) is 23.3 Å². The van der Waals surface area contributed by atoms with Gasteiger partial charge in [0.1, 0.15) is 0 Å². The summed E-state index contributed by atoms with van der Waals surface area (Å²) in [6, 6.07) is 24.2. The zero-order chi connectivity index (χ0) is 22.9. The Bertz CT molecular complexity index is 1110. The van der Waals surface area contributed by atoms with Crippen LogP contribution in [0.25, 0.3) is 0 Å². The maximum atomic E-state index is 12.8. The van der Waals surface area contributed by atoms with Crippen LogP contribution in [0.4, 0.5) is 5.69 Å². The van der Waals surface area contributed by atoms with Crippen molar-refractivity contribution in [3.8, 4) is 0 Å². The third-order valence-corrected chi connectivity index (χ3v) is 5.38. The summed E-state index contributed by atoms with van der Waals surface area (Å²) in [7, 11) is 1.76. The average Bonchev–Trinajstić information content (AvgIpc) is 2.78. The molecule has 7 heteroatoms. The minimum Gasteiger partial charge on any atom is -0.337 e. The van der Waals surface area contributed by atoms with E-state index in [9.17, 15) is 9.59 Å². The van der Waals surface area contributed by atoms with Gasteiger partial charge in [-0.1, -0.05) is 66.2 Å². The van der Waals surface area contributed by atoms with Gasteiger partial charge in [-0.2, -0.15) is 0 Å². The van der Waals surface area contributed by atoms with Crippen molar-refractivity contribution < 1.29 is 9.59 Å². The molecular weight excluding hydrogens is 442 g/mol. The summed E-state index contributed by atoms with van der Waals surface area (Å²) >= 11 is 11.4. The van der Waals surface area contributed by atoms with Crippen molar-refractivity contribution in [2.24, 2.45) is 0 Å². The largest absolute Gasteiger partial charge is 0.337 e. The molecule has 5 nitrogen and oxygen atoms in total. The molecule has 0 heterocycles. The monoisotopic (exact) mass is 465 g/mol. The molecule has 3 aromatic rings. The maximum absolute atomic E-state index is 12.8. The first kappa shape index (κ1) is 23.4. The van der Waals surface area contributed by atoms with Crippen LogP contribution in [-0.4, -0.2) is 28.9 Å². The Kier molecular flexibility index (Phi) is 8.36. The van der Waals surface area contributed by atoms with E-state index in [2.05, 4.69) is 10.6 Å². The molecule has 164 valence electrons. The van der Waals surface area contributed by atoms with Crippen LogP contribution in [-0.2, 0) is 17.8 Å². The number of carbonyl (C=O) groups excluding carboxylic acids is 2. The summed E-state index contributed by atoms with van der Waals surface area (Å²) in [5.41, 5.74) is 3.12. The summed E-state index contributed by atoms with van der Waals surface area (Å²) in [6.45, 7) is 0.511. The van der Waals surface area contributed by atoms with Gasteiger partial charge >= 0.3 is 0 Å². The first-order chi connectivity index (χ1) is 15.4. The average molecular weight is 466 g/mol. The molecule has 0 saturated carbocycles. The van der Waals surface area contributed by atoms with E-state index in [4.69, 9.17) is 23.8 Å². The topological polar surface area (TPSA) is 61.4 Å². The van der Waals surface area contributed by atoms with Gasteiger partial charge in [-0.15, -0.1) is 0 Å². The summed E-state index contributed by atoms with van der Waals surface area (Å²) in [4.78, 5) is 26.7.